The minimum Gasteiger partial charge on any atom is -0.379 e. The fraction of sp³-hybridized carbons (Fsp3) is 0.333. The van der Waals surface area contributed by atoms with Gasteiger partial charge in [-0.1, -0.05) is 36.4 Å². The van der Waals surface area contributed by atoms with Gasteiger partial charge in [0, 0.05) is 53.4 Å². The van der Waals surface area contributed by atoms with Gasteiger partial charge in [0.25, 0.3) is 0 Å². The number of allylic oxidation sites excluding steroid dienone is 4. The molecule has 2 aliphatic carbocycles. The van der Waals surface area contributed by atoms with Gasteiger partial charge in [-0.3, -0.25) is 9.59 Å². The lowest BCUT2D eigenvalue weighted by molar-refractivity contribution is -0.117. The molecule has 176 valence electrons. The third-order valence-electron chi connectivity index (χ3n) is 6.86. The molecule has 0 spiro atoms. The Morgan fingerprint density at radius 3 is 1.97 bits per heavy atom. The minimum atomic E-state index is -4.09. The van der Waals surface area contributed by atoms with E-state index in [2.05, 4.69) is 4.90 Å². The largest absolute Gasteiger partial charge is 0.379 e. The second-order valence-corrected chi connectivity index (χ2v) is 10.4. The Hall–Kier alpha value is -3.19. The van der Waals surface area contributed by atoms with E-state index in [9.17, 15) is 18.0 Å². The van der Waals surface area contributed by atoms with E-state index >= 15 is 0 Å². The maximum Gasteiger partial charge on any atom is 0.339 e. The highest BCUT2D eigenvalue weighted by Gasteiger charge is 2.44. The van der Waals surface area contributed by atoms with Crippen molar-refractivity contribution in [1.29, 1.82) is 0 Å². The van der Waals surface area contributed by atoms with Crippen LogP contribution in [0.4, 0.5) is 0 Å². The molecule has 0 fully saturated rings. The second-order valence-electron chi connectivity index (χ2n) is 8.84. The Kier molecular flexibility index (Phi) is 5.90. The molecular formula is C27H27NO5S. The molecule has 0 saturated heterocycles. The average Bonchev–Trinajstić information content (AvgIpc) is 2.84. The van der Waals surface area contributed by atoms with Gasteiger partial charge in [0.05, 0.1) is 0 Å². The highest BCUT2D eigenvalue weighted by atomic mass is 32.2. The van der Waals surface area contributed by atoms with Crippen molar-refractivity contribution in [3.63, 3.8) is 0 Å². The van der Waals surface area contributed by atoms with Crippen molar-refractivity contribution in [2.45, 2.75) is 56.3 Å². The molecular weight excluding hydrogens is 450 g/mol. The molecule has 34 heavy (non-hydrogen) atoms. The molecule has 2 aromatic rings. The number of carbonyl (C=O) groups excluding carboxylic acids is 2. The molecule has 5 rings (SSSR count). The summed E-state index contributed by atoms with van der Waals surface area (Å²) in [4.78, 5) is 28.8. The molecule has 1 heterocycles. The number of rotatable bonds is 5. The summed E-state index contributed by atoms with van der Waals surface area (Å²) in [5.41, 5.74) is 3.73. The second kappa shape index (κ2) is 8.87. The van der Waals surface area contributed by atoms with Crippen molar-refractivity contribution in [1.82, 2.24) is 4.90 Å². The van der Waals surface area contributed by atoms with Crippen molar-refractivity contribution < 1.29 is 22.2 Å². The summed E-state index contributed by atoms with van der Waals surface area (Å²) < 4.78 is 31.7. The number of Topliss-reactive ketones (excluding diaryl/α,β-unsaturated/α-hetero) is 2. The summed E-state index contributed by atoms with van der Waals surface area (Å²) >= 11 is 0. The van der Waals surface area contributed by atoms with Crippen molar-refractivity contribution in [2.75, 3.05) is 6.54 Å². The smallest absolute Gasteiger partial charge is 0.339 e. The summed E-state index contributed by atoms with van der Waals surface area (Å²) in [5, 5.41) is 0. The summed E-state index contributed by atoms with van der Waals surface area (Å²) in [6.45, 7) is 2.72. The van der Waals surface area contributed by atoms with Crippen LogP contribution in [-0.2, 0) is 19.7 Å². The first-order valence-electron chi connectivity index (χ1n) is 11.8. The van der Waals surface area contributed by atoms with E-state index < -0.39 is 16.0 Å². The Morgan fingerprint density at radius 1 is 0.824 bits per heavy atom. The van der Waals surface area contributed by atoms with Crippen LogP contribution < -0.4 is 4.18 Å². The molecule has 0 amide bonds. The van der Waals surface area contributed by atoms with Crippen molar-refractivity contribution >= 4 is 21.7 Å². The molecule has 0 bridgehead atoms. The molecule has 0 unspecified atom stereocenters. The molecule has 6 nitrogen and oxygen atoms in total. The maximum absolute atomic E-state index is 13.3. The van der Waals surface area contributed by atoms with Crippen LogP contribution in [0.3, 0.4) is 0 Å². The van der Waals surface area contributed by atoms with E-state index in [1.807, 2.05) is 6.92 Å². The van der Waals surface area contributed by atoms with Crippen molar-refractivity contribution in [3.05, 3.63) is 82.7 Å². The molecule has 0 aromatic heterocycles. The van der Waals surface area contributed by atoms with Crippen LogP contribution >= 0.6 is 0 Å². The predicted octanol–water partition coefficient (Wildman–Crippen LogP) is 4.89. The lowest BCUT2D eigenvalue weighted by atomic mass is 9.71. The molecule has 1 aliphatic heterocycles. The monoisotopic (exact) mass is 477 g/mol. The predicted molar refractivity (Wildman–Crippen MR) is 128 cm³/mol. The van der Waals surface area contributed by atoms with Crippen molar-refractivity contribution in [2.24, 2.45) is 0 Å². The van der Waals surface area contributed by atoms with Crippen LogP contribution in [0.25, 0.3) is 0 Å². The summed E-state index contributed by atoms with van der Waals surface area (Å²) in [6.07, 6.45) is 3.93. The van der Waals surface area contributed by atoms with E-state index in [1.54, 1.807) is 42.5 Å². The maximum atomic E-state index is 13.3. The van der Waals surface area contributed by atoms with Crippen LogP contribution in [0.1, 0.15) is 56.9 Å². The first-order chi connectivity index (χ1) is 16.4. The first-order valence-corrected chi connectivity index (χ1v) is 13.2. The molecule has 0 saturated carbocycles. The van der Waals surface area contributed by atoms with E-state index in [0.717, 1.165) is 37.1 Å². The van der Waals surface area contributed by atoms with Crippen LogP contribution in [0.15, 0.2) is 82.0 Å². The zero-order valence-corrected chi connectivity index (χ0v) is 19.9. The van der Waals surface area contributed by atoms with Gasteiger partial charge in [0.2, 0.25) is 0 Å². The zero-order chi connectivity index (χ0) is 23.9. The van der Waals surface area contributed by atoms with Gasteiger partial charge in [0.1, 0.15) is 10.6 Å². The van der Waals surface area contributed by atoms with E-state index in [-0.39, 0.29) is 22.2 Å². The fourth-order valence-electron chi connectivity index (χ4n) is 5.46. The van der Waals surface area contributed by atoms with Crippen LogP contribution in [0.5, 0.6) is 5.75 Å². The Bertz CT molecular complexity index is 1280. The van der Waals surface area contributed by atoms with Gasteiger partial charge in [-0.05, 0) is 50.8 Å². The van der Waals surface area contributed by atoms with Gasteiger partial charge in [-0.15, -0.1) is 0 Å². The first kappa shape index (κ1) is 22.6. The van der Waals surface area contributed by atoms with Crippen LogP contribution in [0, 0.1) is 0 Å². The normalized spacial score (nSPS) is 19.3. The number of nitrogens with zero attached hydrogens (tertiary/aromatic N) is 1. The average molecular weight is 478 g/mol. The summed E-state index contributed by atoms with van der Waals surface area (Å²) in [6, 6.07) is 14.9. The number of ketones is 2. The number of carbonyl (C=O) groups is 2. The van der Waals surface area contributed by atoms with E-state index in [0.29, 0.717) is 36.1 Å². The highest BCUT2D eigenvalue weighted by molar-refractivity contribution is 7.87. The molecule has 7 heteroatoms. The number of para-hydroxylation sites is 1. The molecule has 0 N–H and O–H groups in total. The summed E-state index contributed by atoms with van der Waals surface area (Å²) in [7, 11) is -4.09. The molecule has 2 aromatic carbocycles. The van der Waals surface area contributed by atoms with Gasteiger partial charge < -0.3 is 9.08 Å². The molecule has 3 aliphatic rings. The van der Waals surface area contributed by atoms with E-state index in [4.69, 9.17) is 4.18 Å². The topological polar surface area (TPSA) is 80.8 Å². The number of benzene rings is 2. The molecule has 0 radical (unpaired) electrons. The van der Waals surface area contributed by atoms with Crippen molar-refractivity contribution in [3.8, 4) is 5.75 Å². The Balaban J connectivity index is 1.69. The lowest BCUT2D eigenvalue weighted by Crippen LogP contribution is -2.39. The third-order valence-corrected chi connectivity index (χ3v) is 8.11. The minimum absolute atomic E-state index is 0.0235. The van der Waals surface area contributed by atoms with Gasteiger partial charge >= 0.3 is 10.1 Å². The third kappa shape index (κ3) is 3.78. The zero-order valence-electron chi connectivity index (χ0n) is 19.1. The lowest BCUT2D eigenvalue weighted by Gasteiger charge is -2.43. The standard InChI is InChI=1S/C27H27NO5S/c1-2-28-20-13-8-15-22(29)26(20)25(27-21(28)14-9-16-23(27)30)19-12-6-7-17-24(19)33-34(31,32)18-10-4-3-5-11-18/h3-7,10-12,17,25H,2,8-9,13-16H2,1H3. The summed E-state index contributed by atoms with van der Waals surface area (Å²) in [5.74, 6) is -0.419. The quantitative estimate of drug-likeness (QED) is 0.571. The number of hydrogen-bond donors (Lipinski definition) is 0. The van der Waals surface area contributed by atoms with Gasteiger partial charge in [0.15, 0.2) is 11.6 Å². The van der Waals surface area contributed by atoms with Gasteiger partial charge in [-0.25, -0.2) is 0 Å². The van der Waals surface area contributed by atoms with Crippen LogP contribution in [0.2, 0.25) is 0 Å². The number of hydrogen-bond acceptors (Lipinski definition) is 6. The molecule has 0 atom stereocenters. The van der Waals surface area contributed by atoms with E-state index in [1.165, 1.54) is 12.1 Å². The highest BCUT2D eigenvalue weighted by Crippen LogP contribution is 2.50. The SMILES string of the molecule is CCN1C2=C(C(=O)CCC2)C(c2ccccc2OS(=O)(=O)c2ccccc2)C2=C1CCCC2=O. The Labute approximate surface area is 200 Å². The van der Waals surface area contributed by atoms with Gasteiger partial charge in [-0.2, -0.15) is 8.42 Å². The van der Waals surface area contributed by atoms with Crippen LogP contribution in [-0.4, -0.2) is 31.4 Å². The fourth-order valence-corrected chi connectivity index (χ4v) is 6.43. The Morgan fingerprint density at radius 2 is 1.38 bits per heavy atom.